The number of hydrogen-bond acceptors (Lipinski definition) is 1. The molecule has 0 aliphatic heterocycles. The minimum absolute atomic E-state index is 0.224. The number of rotatable bonds is 8. The highest BCUT2D eigenvalue weighted by Crippen LogP contribution is 2.11. The molecule has 0 saturated carbocycles. The number of unbranched alkanes of at least 4 members (excludes halogenated alkanes) is 3. The largest absolute Gasteiger partial charge is 0.494 e. The molecule has 0 amide bonds. The van der Waals surface area contributed by atoms with Crippen LogP contribution in [0.3, 0.4) is 0 Å². The molecule has 2 heteroatoms. The van der Waals surface area contributed by atoms with E-state index in [4.69, 9.17) is 4.74 Å². The van der Waals surface area contributed by atoms with Gasteiger partial charge in [0.1, 0.15) is 11.6 Å². The predicted molar refractivity (Wildman–Crippen MR) is 113 cm³/mol. The lowest BCUT2D eigenvalue weighted by molar-refractivity contribution is 0.309. The Bertz CT molecular complexity index is 548. The maximum Gasteiger partial charge on any atom is 0.123 e. The third-order valence-electron chi connectivity index (χ3n) is 3.73. The van der Waals surface area contributed by atoms with Gasteiger partial charge in [0.25, 0.3) is 0 Å². The number of hydrogen-bond donors (Lipinski definition) is 0. The maximum atomic E-state index is 12.4. The Labute approximate surface area is 160 Å². The first-order valence-electron chi connectivity index (χ1n) is 10.1. The smallest absolute Gasteiger partial charge is 0.123 e. The predicted octanol–water partition coefficient (Wildman–Crippen LogP) is 7.76. The summed E-state index contributed by atoms with van der Waals surface area (Å²) in [5, 5.41) is 0. The third-order valence-corrected chi connectivity index (χ3v) is 3.73. The molecule has 2 aromatic rings. The number of aryl methyl sites for hydroxylation is 2. The quantitative estimate of drug-likeness (QED) is 0.437. The monoisotopic (exact) mass is 360 g/mol. The fourth-order valence-electron chi connectivity index (χ4n) is 2.31. The zero-order valence-electron chi connectivity index (χ0n) is 17.4. The van der Waals surface area contributed by atoms with Crippen molar-refractivity contribution in [2.75, 3.05) is 6.61 Å². The molecule has 0 atom stereocenters. The molecule has 1 nitrogen and oxygen atoms in total. The summed E-state index contributed by atoms with van der Waals surface area (Å²) in [5.41, 5.74) is 2.87. The van der Waals surface area contributed by atoms with Gasteiger partial charge in [-0.1, -0.05) is 76.8 Å². The molecule has 0 saturated heterocycles. The molecule has 0 fully saturated rings. The van der Waals surface area contributed by atoms with E-state index in [1.54, 1.807) is 12.1 Å². The molecule has 0 N–H and O–H groups in total. The van der Waals surface area contributed by atoms with Crippen LogP contribution in [0.2, 0.25) is 0 Å². The lowest BCUT2D eigenvalue weighted by atomic mass is 10.1. The molecule has 0 aromatic heterocycles. The second kappa shape index (κ2) is 16.6. The molecule has 26 heavy (non-hydrogen) atoms. The molecule has 0 aliphatic rings. The van der Waals surface area contributed by atoms with Crippen molar-refractivity contribution in [1.29, 1.82) is 0 Å². The van der Waals surface area contributed by atoms with Crippen molar-refractivity contribution in [2.24, 2.45) is 0 Å². The number of benzene rings is 2. The minimum atomic E-state index is -0.224. The van der Waals surface area contributed by atoms with Crippen molar-refractivity contribution in [3.8, 4) is 5.75 Å². The SMILES string of the molecule is CC.CCCCCc1cccc(C)c1.CCCCOc1ccc(F)cc1. The van der Waals surface area contributed by atoms with Crippen molar-refractivity contribution in [1.82, 2.24) is 0 Å². The molecule has 2 aromatic carbocycles. The van der Waals surface area contributed by atoms with Gasteiger partial charge in [-0.2, -0.15) is 0 Å². The Morgan fingerprint density at radius 2 is 1.50 bits per heavy atom. The molecule has 0 radical (unpaired) electrons. The van der Waals surface area contributed by atoms with Crippen LogP contribution < -0.4 is 4.74 Å². The molecular formula is C24H37FO. The van der Waals surface area contributed by atoms with Crippen molar-refractivity contribution in [2.45, 2.75) is 73.1 Å². The molecule has 0 spiro atoms. The van der Waals surface area contributed by atoms with E-state index in [0.717, 1.165) is 18.6 Å². The van der Waals surface area contributed by atoms with Gasteiger partial charge >= 0.3 is 0 Å². The first kappa shape index (κ1) is 24.2. The van der Waals surface area contributed by atoms with Crippen LogP contribution in [-0.4, -0.2) is 6.61 Å². The highest BCUT2D eigenvalue weighted by Gasteiger charge is 1.93. The normalized spacial score (nSPS) is 9.46. The van der Waals surface area contributed by atoms with Crippen molar-refractivity contribution in [3.63, 3.8) is 0 Å². The summed E-state index contributed by atoms with van der Waals surface area (Å²) in [6, 6.07) is 14.9. The van der Waals surface area contributed by atoms with E-state index in [2.05, 4.69) is 45.0 Å². The van der Waals surface area contributed by atoms with E-state index >= 15 is 0 Å². The molecule has 0 heterocycles. The van der Waals surface area contributed by atoms with Gasteiger partial charge in [-0.25, -0.2) is 4.39 Å². The Hall–Kier alpha value is -1.83. The first-order valence-corrected chi connectivity index (χ1v) is 10.1. The van der Waals surface area contributed by atoms with Gasteiger partial charge in [0.15, 0.2) is 0 Å². The molecule has 146 valence electrons. The number of ether oxygens (including phenoxy) is 1. The molecule has 2 rings (SSSR count). The van der Waals surface area contributed by atoms with Crippen molar-refractivity contribution < 1.29 is 9.13 Å². The van der Waals surface area contributed by atoms with Gasteiger partial charge in [-0.3, -0.25) is 0 Å². The summed E-state index contributed by atoms with van der Waals surface area (Å²) in [4.78, 5) is 0. The van der Waals surface area contributed by atoms with Crippen LogP contribution in [0, 0.1) is 12.7 Å². The molecule has 0 unspecified atom stereocenters. The van der Waals surface area contributed by atoms with Crippen molar-refractivity contribution in [3.05, 3.63) is 65.5 Å². The maximum absolute atomic E-state index is 12.4. The summed E-state index contributed by atoms with van der Waals surface area (Å²) >= 11 is 0. The van der Waals surface area contributed by atoms with Crippen LogP contribution in [0.4, 0.5) is 4.39 Å². The van der Waals surface area contributed by atoms with Crippen molar-refractivity contribution >= 4 is 0 Å². The Kier molecular flexibility index (Phi) is 15.5. The first-order chi connectivity index (χ1) is 12.7. The second-order valence-electron chi connectivity index (χ2n) is 6.10. The van der Waals surface area contributed by atoms with E-state index in [-0.39, 0.29) is 5.82 Å². The Morgan fingerprint density at radius 1 is 0.846 bits per heavy atom. The van der Waals surface area contributed by atoms with Crippen LogP contribution in [0.25, 0.3) is 0 Å². The van der Waals surface area contributed by atoms with Crippen LogP contribution >= 0.6 is 0 Å². The van der Waals surface area contributed by atoms with E-state index in [1.807, 2.05) is 13.8 Å². The van der Waals surface area contributed by atoms with Crippen LogP contribution in [-0.2, 0) is 6.42 Å². The lowest BCUT2D eigenvalue weighted by Gasteiger charge is -2.03. The average Bonchev–Trinajstić information content (AvgIpc) is 2.66. The summed E-state index contributed by atoms with van der Waals surface area (Å²) in [6.07, 6.45) is 7.40. The van der Waals surface area contributed by atoms with E-state index in [0.29, 0.717) is 6.61 Å². The fraction of sp³-hybridized carbons (Fsp3) is 0.500. The molecule has 0 bridgehead atoms. The summed E-state index contributed by atoms with van der Waals surface area (Å²) in [7, 11) is 0. The third kappa shape index (κ3) is 12.5. The average molecular weight is 361 g/mol. The van der Waals surface area contributed by atoms with Crippen LogP contribution in [0.15, 0.2) is 48.5 Å². The Morgan fingerprint density at radius 3 is 2.08 bits per heavy atom. The van der Waals surface area contributed by atoms with Gasteiger partial charge in [0, 0.05) is 0 Å². The summed E-state index contributed by atoms with van der Waals surface area (Å²) in [5.74, 6) is 0.516. The molecular weight excluding hydrogens is 323 g/mol. The van der Waals surface area contributed by atoms with Gasteiger partial charge in [-0.05, 0) is 56.0 Å². The van der Waals surface area contributed by atoms with E-state index in [9.17, 15) is 4.39 Å². The highest BCUT2D eigenvalue weighted by atomic mass is 19.1. The van der Waals surface area contributed by atoms with E-state index < -0.39 is 0 Å². The lowest BCUT2D eigenvalue weighted by Crippen LogP contribution is -1.95. The summed E-state index contributed by atoms with van der Waals surface area (Å²) in [6.45, 7) is 11.2. The number of halogens is 1. The highest BCUT2D eigenvalue weighted by molar-refractivity contribution is 5.22. The summed E-state index contributed by atoms with van der Waals surface area (Å²) < 4.78 is 17.8. The Balaban J connectivity index is 0.000000439. The second-order valence-corrected chi connectivity index (χ2v) is 6.10. The van der Waals surface area contributed by atoms with Crippen LogP contribution in [0.5, 0.6) is 5.75 Å². The van der Waals surface area contributed by atoms with Gasteiger partial charge in [0.2, 0.25) is 0 Å². The van der Waals surface area contributed by atoms with E-state index in [1.165, 1.54) is 48.9 Å². The van der Waals surface area contributed by atoms with Gasteiger partial charge in [-0.15, -0.1) is 0 Å². The topological polar surface area (TPSA) is 9.23 Å². The zero-order valence-corrected chi connectivity index (χ0v) is 17.4. The van der Waals surface area contributed by atoms with Gasteiger partial charge in [0.05, 0.1) is 6.61 Å². The van der Waals surface area contributed by atoms with Gasteiger partial charge < -0.3 is 4.74 Å². The molecule has 0 aliphatic carbocycles. The van der Waals surface area contributed by atoms with Crippen LogP contribution in [0.1, 0.15) is 70.9 Å². The standard InChI is InChI=1S/C12H18.C10H13FO.C2H6/c1-3-4-5-8-12-9-6-7-11(2)10-12;1-2-3-8-12-10-6-4-9(11)5-7-10;1-2/h6-7,9-10H,3-5,8H2,1-2H3;4-7H,2-3,8H2,1H3;1-2H3. The minimum Gasteiger partial charge on any atom is -0.494 e. The zero-order chi connectivity index (χ0) is 19.6. The fourth-order valence-corrected chi connectivity index (χ4v) is 2.31.